The topological polar surface area (TPSA) is 127 Å². The Labute approximate surface area is 176 Å². The summed E-state index contributed by atoms with van der Waals surface area (Å²) in [6.07, 6.45) is 6.09. The fourth-order valence-electron chi connectivity index (χ4n) is 3.52. The third kappa shape index (κ3) is 3.76. The molecule has 154 valence electrons. The number of likely N-dealkylation sites (tertiary alicyclic amines) is 1. The monoisotopic (exact) mass is 416 g/mol. The second-order valence-corrected chi connectivity index (χ2v) is 6.87. The number of amides is 1. The number of ketones is 1. The zero-order chi connectivity index (χ0) is 22.0. The molecular formula is C22H16N4O5. The van der Waals surface area contributed by atoms with Crippen LogP contribution in [0.4, 0.5) is 5.69 Å². The van der Waals surface area contributed by atoms with Crippen molar-refractivity contribution in [3.63, 3.8) is 0 Å². The lowest BCUT2D eigenvalue weighted by Gasteiger charge is -2.25. The van der Waals surface area contributed by atoms with Gasteiger partial charge in [0.1, 0.15) is 5.76 Å². The van der Waals surface area contributed by atoms with E-state index in [4.69, 9.17) is 0 Å². The van der Waals surface area contributed by atoms with Gasteiger partial charge in [0.2, 0.25) is 0 Å². The normalized spacial score (nSPS) is 17.7. The van der Waals surface area contributed by atoms with Gasteiger partial charge in [-0.1, -0.05) is 6.07 Å². The van der Waals surface area contributed by atoms with E-state index in [9.17, 15) is 24.8 Å². The summed E-state index contributed by atoms with van der Waals surface area (Å²) < 4.78 is 0. The maximum absolute atomic E-state index is 12.9. The highest BCUT2D eigenvalue weighted by Gasteiger charge is 2.46. The number of nitro groups is 1. The van der Waals surface area contributed by atoms with Crippen molar-refractivity contribution in [2.24, 2.45) is 0 Å². The maximum atomic E-state index is 12.9. The number of rotatable bonds is 5. The number of hydrogen-bond donors (Lipinski definition) is 1. The number of nitrogens with zero attached hydrogens (tertiary/aromatic N) is 4. The lowest BCUT2D eigenvalue weighted by molar-refractivity contribution is -0.384. The first kappa shape index (κ1) is 19.9. The lowest BCUT2D eigenvalue weighted by Crippen LogP contribution is -2.29. The lowest BCUT2D eigenvalue weighted by atomic mass is 9.95. The minimum Gasteiger partial charge on any atom is -0.507 e. The first-order valence-corrected chi connectivity index (χ1v) is 9.29. The number of benzene rings is 1. The highest BCUT2D eigenvalue weighted by molar-refractivity contribution is 6.46. The Kier molecular flexibility index (Phi) is 5.23. The van der Waals surface area contributed by atoms with Gasteiger partial charge in [0, 0.05) is 49.0 Å². The molecule has 31 heavy (non-hydrogen) atoms. The Morgan fingerprint density at radius 1 is 1.03 bits per heavy atom. The van der Waals surface area contributed by atoms with Crippen LogP contribution in [0.5, 0.6) is 0 Å². The van der Waals surface area contributed by atoms with Crippen molar-refractivity contribution in [3.05, 3.63) is 106 Å². The van der Waals surface area contributed by atoms with Crippen molar-refractivity contribution in [1.29, 1.82) is 0 Å². The number of aliphatic hydroxyl groups is 1. The Bertz CT molecular complexity index is 1180. The summed E-state index contributed by atoms with van der Waals surface area (Å²) in [7, 11) is 0. The van der Waals surface area contributed by atoms with Crippen molar-refractivity contribution in [2.75, 3.05) is 0 Å². The molecule has 4 rings (SSSR count). The molecule has 1 aliphatic heterocycles. The molecule has 1 atom stereocenters. The smallest absolute Gasteiger partial charge is 0.295 e. The van der Waals surface area contributed by atoms with Crippen molar-refractivity contribution < 1.29 is 19.6 Å². The Morgan fingerprint density at radius 3 is 2.35 bits per heavy atom. The minimum absolute atomic E-state index is 0.0766. The average Bonchev–Trinajstić information content (AvgIpc) is 3.05. The van der Waals surface area contributed by atoms with E-state index in [0.717, 1.165) is 0 Å². The van der Waals surface area contributed by atoms with Crippen LogP contribution >= 0.6 is 0 Å². The quantitative estimate of drug-likeness (QED) is 0.223. The number of carbonyl (C=O) groups is 2. The number of pyridine rings is 2. The van der Waals surface area contributed by atoms with E-state index in [1.807, 2.05) is 0 Å². The van der Waals surface area contributed by atoms with Gasteiger partial charge in [-0.2, -0.15) is 0 Å². The Hall–Kier alpha value is -4.40. The summed E-state index contributed by atoms with van der Waals surface area (Å²) in [6.45, 7) is 0.0766. The van der Waals surface area contributed by atoms with Crippen molar-refractivity contribution in [3.8, 4) is 0 Å². The molecule has 2 aromatic heterocycles. The molecule has 9 nitrogen and oxygen atoms in total. The number of carbonyl (C=O) groups excluding carboxylic acids is 2. The SMILES string of the molecule is O=C1C(=O)N(Cc2cccnc2)C(c2ccc([N+](=O)[O-])cc2)C1=C(O)c1ccncc1. The van der Waals surface area contributed by atoms with Gasteiger partial charge in [-0.05, 0) is 41.5 Å². The first-order valence-electron chi connectivity index (χ1n) is 9.29. The summed E-state index contributed by atoms with van der Waals surface area (Å²) in [6, 6.07) is 11.2. The van der Waals surface area contributed by atoms with Crippen LogP contribution < -0.4 is 0 Å². The van der Waals surface area contributed by atoms with Gasteiger partial charge in [0.05, 0.1) is 16.5 Å². The summed E-state index contributed by atoms with van der Waals surface area (Å²) >= 11 is 0. The highest BCUT2D eigenvalue weighted by Crippen LogP contribution is 2.40. The van der Waals surface area contributed by atoms with E-state index in [1.54, 1.807) is 24.5 Å². The van der Waals surface area contributed by atoms with Gasteiger partial charge in [-0.3, -0.25) is 29.7 Å². The fourth-order valence-corrected chi connectivity index (χ4v) is 3.52. The summed E-state index contributed by atoms with van der Waals surface area (Å²) in [4.78, 5) is 45.6. The molecule has 0 saturated carbocycles. The summed E-state index contributed by atoms with van der Waals surface area (Å²) in [5.41, 5.74) is 1.28. The molecule has 1 aromatic carbocycles. The van der Waals surface area contributed by atoms with Crippen LogP contribution in [0, 0.1) is 10.1 Å². The first-order chi connectivity index (χ1) is 15.0. The molecule has 0 aliphatic carbocycles. The maximum Gasteiger partial charge on any atom is 0.295 e. The molecule has 0 spiro atoms. The third-order valence-corrected chi connectivity index (χ3v) is 4.99. The molecule has 9 heteroatoms. The number of Topliss-reactive ketones (excluding diaryl/α,β-unsaturated/α-hetero) is 1. The highest BCUT2D eigenvalue weighted by atomic mass is 16.6. The predicted octanol–water partition coefficient (Wildman–Crippen LogP) is 3.01. The molecule has 0 radical (unpaired) electrons. The molecule has 3 aromatic rings. The zero-order valence-corrected chi connectivity index (χ0v) is 16.1. The van der Waals surface area contributed by atoms with Gasteiger partial charge in [0.15, 0.2) is 0 Å². The fraction of sp³-hybridized carbons (Fsp3) is 0.0909. The van der Waals surface area contributed by atoms with Gasteiger partial charge in [-0.25, -0.2) is 0 Å². The molecule has 0 bridgehead atoms. The third-order valence-electron chi connectivity index (χ3n) is 4.99. The molecule has 3 heterocycles. The van der Waals surface area contributed by atoms with Crippen LogP contribution in [-0.4, -0.2) is 36.6 Å². The predicted molar refractivity (Wildman–Crippen MR) is 109 cm³/mol. The van der Waals surface area contributed by atoms with E-state index in [0.29, 0.717) is 16.7 Å². The van der Waals surface area contributed by atoms with Crippen molar-refractivity contribution >= 4 is 23.1 Å². The summed E-state index contributed by atoms with van der Waals surface area (Å²) in [5.74, 6) is -1.94. The van der Waals surface area contributed by atoms with E-state index < -0.39 is 22.7 Å². The van der Waals surface area contributed by atoms with Crippen LogP contribution in [0.2, 0.25) is 0 Å². The van der Waals surface area contributed by atoms with Crippen LogP contribution in [0.25, 0.3) is 5.76 Å². The number of nitro benzene ring substituents is 1. The average molecular weight is 416 g/mol. The van der Waals surface area contributed by atoms with Gasteiger partial charge >= 0.3 is 0 Å². The van der Waals surface area contributed by atoms with Gasteiger partial charge in [0.25, 0.3) is 17.4 Å². The number of hydrogen-bond acceptors (Lipinski definition) is 7. The number of non-ortho nitro benzene ring substituents is 1. The van der Waals surface area contributed by atoms with E-state index in [2.05, 4.69) is 9.97 Å². The Morgan fingerprint density at radius 2 is 1.74 bits per heavy atom. The molecular weight excluding hydrogens is 400 g/mol. The van der Waals surface area contributed by atoms with E-state index in [1.165, 1.54) is 53.7 Å². The van der Waals surface area contributed by atoms with Crippen LogP contribution in [-0.2, 0) is 16.1 Å². The van der Waals surface area contributed by atoms with Gasteiger partial charge in [-0.15, -0.1) is 0 Å². The zero-order valence-electron chi connectivity index (χ0n) is 16.1. The van der Waals surface area contributed by atoms with Gasteiger partial charge < -0.3 is 10.0 Å². The van der Waals surface area contributed by atoms with Crippen LogP contribution in [0.1, 0.15) is 22.7 Å². The molecule has 1 N–H and O–H groups in total. The second-order valence-electron chi connectivity index (χ2n) is 6.87. The molecule has 1 unspecified atom stereocenters. The van der Waals surface area contributed by atoms with Crippen molar-refractivity contribution in [2.45, 2.75) is 12.6 Å². The van der Waals surface area contributed by atoms with E-state index in [-0.39, 0.29) is 23.6 Å². The van der Waals surface area contributed by atoms with Crippen LogP contribution in [0.3, 0.4) is 0 Å². The summed E-state index contributed by atoms with van der Waals surface area (Å²) in [5, 5.41) is 21.9. The molecule has 1 saturated heterocycles. The Balaban J connectivity index is 1.85. The van der Waals surface area contributed by atoms with E-state index >= 15 is 0 Å². The minimum atomic E-state index is -0.922. The number of aliphatic hydroxyl groups excluding tert-OH is 1. The largest absolute Gasteiger partial charge is 0.507 e. The van der Waals surface area contributed by atoms with Crippen LogP contribution in [0.15, 0.2) is 78.9 Å². The molecule has 1 aliphatic rings. The standard InChI is InChI=1S/C22H16N4O5/c27-20(16-7-10-23-11-8-16)18-19(15-3-5-17(6-4-15)26(30)31)25(22(29)21(18)28)13-14-2-1-9-24-12-14/h1-12,19,27H,13H2. The second kappa shape index (κ2) is 8.15. The van der Waals surface area contributed by atoms with Crippen molar-refractivity contribution in [1.82, 2.24) is 14.9 Å². The number of aromatic nitrogens is 2. The molecule has 1 amide bonds. The molecule has 1 fully saturated rings.